The minimum absolute atomic E-state index is 0.131. The Hall–Kier alpha value is -2.01. The number of carbonyl (C=O) groups excluding carboxylic acids is 1. The Balaban J connectivity index is 1.81. The van der Waals surface area contributed by atoms with Gasteiger partial charge in [0.25, 0.3) is 0 Å². The minimum atomic E-state index is -1.52. The van der Waals surface area contributed by atoms with E-state index in [-0.39, 0.29) is 12.2 Å². The van der Waals surface area contributed by atoms with E-state index in [4.69, 9.17) is 14.2 Å². The van der Waals surface area contributed by atoms with Crippen molar-refractivity contribution in [1.82, 2.24) is 0 Å². The van der Waals surface area contributed by atoms with Crippen molar-refractivity contribution in [2.45, 2.75) is 63.2 Å². The quantitative estimate of drug-likeness (QED) is 0.292. The van der Waals surface area contributed by atoms with E-state index in [0.717, 1.165) is 5.56 Å². The topological polar surface area (TPSA) is 146 Å². The van der Waals surface area contributed by atoms with Crippen LogP contribution in [0, 0.1) is 0 Å². The van der Waals surface area contributed by atoms with Gasteiger partial charge in [-0.2, -0.15) is 0 Å². The maximum Gasteiger partial charge on any atom is 0.331 e. The van der Waals surface area contributed by atoms with Crippen molar-refractivity contribution < 1.29 is 44.5 Å². The molecule has 0 aromatic heterocycles. The zero-order valence-electron chi connectivity index (χ0n) is 16.3. The van der Waals surface area contributed by atoms with Crippen molar-refractivity contribution in [3.63, 3.8) is 0 Å². The highest BCUT2D eigenvalue weighted by molar-refractivity contribution is 5.87. The summed E-state index contributed by atoms with van der Waals surface area (Å²) in [5.74, 6) is -0.419. The SMILES string of the molecule is C[C@@H](C[C@H](C)O[C@H]1O[C@H](CO)[C@@H](O)[C@H](O)[C@H]1O)OC(=O)C=Cc1ccc(O)cc1. The Morgan fingerprint density at radius 1 is 1.10 bits per heavy atom. The number of ether oxygens (including phenoxy) is 3. The van der Waals surface area contributed by atoms with E-state index in [1.54, 1.807) is 32.1 Å². The molecule has 2 rings (SSSR count). The van der Waals surface area contributed by atoms with Gasteiger partial charge in [0.2, 0.25) is 0 Å². The number of aliphatic hydroxyl groups excluding tert-OH is 4. The van der Waals surface area contributed by atoms with Crippen LogP contribution in [0.4, 0.5) is 0 Å². The van der Waals surface area contributed by atoms with Crippen LogP contribution >= 0.6 is 0 Å². The molecule has 0 amide bonds. The fourth-order valence-electron chi connectivity index (χ4n) is 2.97. The molecule has 7 atom stereocenters. The van der Waals surface area contributed by atoms with E-state index in [0.29, 0.717) is 0 Å². The number of phenolic OH excluding ortho intramolecular Hbond substituents is 1. The molecule has 1 saturated heterocycles. The lowest BCUT2D eigenvalue weighted by Crippen LogP contribution is -2.59. The third kappa shape index (κ3) is 6.77. The monoisotopic (exact) mass is 412 g/mol. The smallest absolute Gasteiger partial charge is 0.331 e. The predicted octanol–water partition coefficient (Wildman–Crippen LogP) is -0.0678. The highest BCUT2D eigenvalue weighted by Crippen LogP contribution is 2.24. The number of phenols is 1. The van der Waals surface area contributed by atoms with E-state index in [1.165, 1.54) is 18.2 Å². The van der Waals surface area contributed by atoms with Crippen LogP contribution in [0.15, 0.2) is 30.3 Å². The van der Waals surface area contributed by atoms with Crippen LogP contribution in [0.25, 0.3) is 6.08 Å². The van der Waals surface area contributed by atoms with Gasteiger partial charge in [-0.15, -0.1) is 0 Å². The summed E-state index contributed by atoms with van der Waals surface area (Å²) in [6.07, 6.45) is -4.65. The Kier molecular flexibility index (Phi) is 8.57. The summed E-state index contributed by atoms with van der Waals surface area (Å²) in [6, 6.07) is 6.31. The van der Waals surface area contributed by atoms with Crippen molar-refractivity contribution in [1.29, 1.82) is 0 Å². The number of aromatic hydroxyl groups is 1. The number of benzene rings is 1. The molecule has 1 fully saturated rings. The van der Waals surface area contributed by atoms with Crippen LogP contribution in [-0.2, 0) is 19.0 Å². The molecule has 9 heteroatoms. The summed E-state index contributed by atoms with van der Waals surface area (Å²) in [7, 11) is 0. The zero-order chi connectivity index (χ0) is 21.6. The molecule has 0 unspecified atom stereocenters. The van der Waals surface area contributed by atoms with Crippen molar-refractivity contribution in [3.8, 4) is 5.75 Å². The lowest BCUT2D eigenvalue weighted by molar-refractivity contribution is -0.311. The molecule has 1 heterocycles. The fraction of sp³-hybridized carbons (Fsp3) is 0.550. The summed E-state index contributed by atoms with van der Waals surface area (Å²) in [5, 5.41) is 48.0. The minimum Gasteiger partial charge on any atom is -0.508 e. The summed E-state index contributed by atoms with van der Waals surface area (Å²) in [6.45, 7) is 2.82. The summed E-state index contributed by atoms with van der Waals surface area (Å²) in [4.78, 5) is 11.9. The summed E-state index contributed by atoms with van der Waals surface area (Å²) < 4.78 is 16.1. The highest BCUT2D eigenvalue weighted by atomic mass is 16.7. The van der Waals surface area contributed by atoms with Crippen LogP contribution in [0.3, 0.4) is 0 Å². The standard InChI is InChI=1S/C20H28O9/c1-11(27-16(23)8-5-13-3-6-14(22)7-4-13)9-12(2)28-20-19(26)18(25)17(24)15(10-21)29-20/h3-8,11-12,15,17-22,24-26H,9-10H2,1-2H3/t11-,12-,15+,17+,18-,19+,20-/m0/s1. The van der Waals surface area contributed by atoms with Crippen molar-refractivity contribution in [2.75, 3.05) is 6.61 Å². The van der Waals surface area contributed by atoms with E-state index in [2.05, 4.69) is 0 Å². The first-order chi connectivity index (χ1) is 13.7. The maximum atomic E-state index is 11.9. The first kappa shape index (κ1) is 23.3. The lowest BCUT2D eigenvalue weighted by Gasteiger charge is -2.40. The van der Waals surface area contributed by atoms with Gasteiger partial charge in [-0.05, 0) is 37.6 Å². The molecule has 1 aromatic rings. The van der Waals surface area contributed by atoms with Crippen LogP contribution in [0.5, 0.6) is 5.75 Å². The van der Waals surface area contributed by atoms with Crippen molar-refractivity contribution in [3.05, 3.63) is 35.9 Å². The lowest BCUT2D eigenvalue weighted by atomic mass is 9.99. The number of carbonyl (C=O) groups is 1. The molecule has 1 aromatic carbocycles. The molecule has 5 N–H and O–H groups in total. The van der Waals surface area contributed by atoms with E-state index in [1.807, 2.05) is 0 Å². The highest BCUT2D eigenvalue weighted by Gasteiger charge is 2.44. The van der Waals surface area contributed by atoms with Crippen LogP contribution < -0.4 is 0 Å². The van der Waals surface area contributed by atoms with E-state index >= 15 is 0 Å². The van der Waals surface area contributed by atoms with Crippen LogP contribution in [-0.4, -0.2) is 81.0 Å². The van der Waals surface area contributed by atoms with Crippen molar-refractivity contribution >= 4 is 12.0 Å². The van der Waals surface area contributed by atoms with Crippen molar-refractivity contribution in [2.24, 2.45) is 0 Å². The van der Waals surface area contributed by atoms with E-state index in [9.17, 15) is 30.3 Å². The molecular weight excluding hydrogens is 384 g/mol. The molecule has 1 aliphatic rings. The maximum absolute atomic E-state index is 11.9. The third-order valence-corrected chi connectivity index (χ3v) is 4.50. The summed E-state index contributed by atoms with van der Waals surface area (Å²) in [5.41, 5.74) is 0.728. The second-order valence-electron chi connectivity index (χ2n) is 7.05. The Labute approximate surface area is 168 Å². The second kappa shape index (κ2) is 10.7. The van der Waals surface area contributed by atoms with Gasteiger partial charge in [-0.25, -0.2) is 4.79 Å². The molecule has 0 radical (unpaired) electrons. The van der Waals surface area contributed by atoms with Gasteiger partial charge in [-0.3, -0.25) is 0 Å². The molecular formula is C20H28O9. The van der Waals surface area contributed by atoms with E-state index < -0.39 is 55.5 Å². The first-order valence-electron chi connectivity index (χ1n) is 9.35. The molecule has 0 saturated carbocycles. The molecule has 1 aliphatic heterocycles. The van der Waals surface area contributed by atoms with Gasteiger partial charge < -0.3 is 39.7 Å². The summed E-state index contributed by atoms with van der Waals surface area (Å²) >= 11 is 0. The van der Waals surface area contributed by atoms with Gasteiger partial charge in [-0.1, -0.05) is 12.1 Å². The molecule has 29 heavy (non-hydrogen) atoms. The average molecular weight is 412 g/mol. The molecule has 0 aliphatic carbocycles. The van der Waals surface area contributed by atoms with Gasteiger partial charge in [0.1, 0.15) is 36.3 Å². The number of hydrogen-bond donors (Lipinski definition) is 5. The largest absolute Gasteiger partial charge is 0.508 e. The van der Waals surface area contributed by atoms with Gasteiger partial charge in [0.15, 0.2) is 6.29 Å². The normalized spacial score (nSPS) is 29.5. The van der Waals surface area contributed by atoms with Gasteiger partial charge in [0.05, 0.1) is 12.7 Å². The fourth-order valence-corrected chi connectivity index (χ4v) is 2.97. The number of esters is 1. The molecule has 0 bridgehead atoms. The number of rotatable bonds is 8. The Morgan fingerprint density at radius 2 is 1.76 bits per heavy atom. The van der Waals surface area contributed by atoms with Gasteiger partial charge >= 0.3 is 5.97 Å². The number of aliphatic hydroxyl groups is 4. The third-order valence-electron chi connectivity index (χ3n) is 4.50. The Morgan fingerprint density at radius 3 is 2.38 bits per heavy atom. The predicted molar refractivity (Wildman–Crippen MR) is 102 cm³/mol. The first-order valence-corrected chi connectivity index (χ1v) is 9.35. The van der Waals surface area contributed by atoms with Crippen LogP contribution in [0.2, 0.25) is 0 Å². The second-order valence-corrected chi connectivity index (χ2v) is 7.05. The van der Waals surface area contributed by atoms with Crippen LogP contribution in [0.1, 0.15) is 25.8 Å². The molecule has 0 spiro atoms. The van der Waals surface area contributed by atoms with Gasteiger partial charge in [0, 0.05) is 12.5 Å². The number of hydrogen-bond acceptors (Lipinski definition) is 9. The zero-order valence-corrected chi connectivity index (χ0v) is 16.3. The average Bonchev–Trinajstić information content (AvgIpc) is 2.67. The molecule has 9 nitrogen and oxygen atoms in total. The Bertz CT molecular complexity index is 673. The molecule has 162 valence electrons.